The van der Waals surface area contributed by atoms with Gasteiger partial charge in [0, 0.05) is 18.9 Å². The third kappa shape index (κ3) is 5.88. The molecule has 3 amide bonds. The fourth-order valence-corrected chi connectivity index (χ4v) is 3.45. The van der Waals surface area contributed by atoms with Crippen molar-refractivity contribution in [1.29, 1.82) is 0 Å². The van der Waals surface area contributed by atoms with Crippen molar-refractivity contribution in [3.05, 3.63) is 28.0 Å². The fourth-order valence-electron chi connectivity index (χ4n) is 2.91. The second kappa shape index (κ2) is 10.2. The smallest absolute Gasteiger partial charge is 0.305 e. The molecule has 2 heterocycles. The lowest BCUT2D eigenvalue weighted by atomic mass is 10.1. The summed E-state index contributed by atoms with van der Waals surface area (Å²) in [6.45, 7) is -0.113. The van der Waals surface area contributed by atoms with Gasteiger partial charge in [-0.3, -0.25) is 24.2 Å². The van der Waals surface area contributed by atoms with E-state index in [-0.39, 0.29) is 22.2 Å². The van der Waals surface area contributed by atoms with Crippen LogP contribution in [-0.4, -0.2) is 70.1 Å². The zero-order valence-corrected chi connectivity index (χ0v) is 16.6. The highest BCUT2D eigenvalue weighted by molar-refractivity contribution is 6.39. The molecule has 0 bridgehead atoms. The Bertz CT molecular complexity index is 814. The normalized spacial score (nSPS) is 16.8. The summed E-state index contributed by atoms with van der Waals surface area (Å²) in [5.74, 6) is -3.05. The number of aldehydes is 1. The molecule has 0 saturated carbocycles. The molecule has 3 N–H and O–H groups in total. The van der Waals surface area contributed by atoms with Crippen LogP contribution in [0, 0.1) is 0 Å². The van der Waals surface area contributed by atoms with Gasteiger partial charge < -0.3 is 25.4 Å². The van der Waals surface area contributed by atoms with E-state index in [4.69, 9.17) is 28.3 Å². The minimum Gasteiger partial charge on any atom is -0.481 e. The number of carboxylic acid groups (broad SMARTS) is 1. The molecule has 2 rings (SSSR count). The maximum Gasteiger partial charge on any atom is 0.305 e. The summed E-state index contributed by atoms with van der Waals surface area (Å²) in [5.41, 5.74) is -0.0191. The molecule has 29 heavy (non-hydrogen) atoms. The first-order chi connectivity index (χ1) is 13.7. The molecule has 1 aliphatic heterocycles. The summed E-state index contributed by atoms with van der Waals surface area (Å²) in [7, 11) is 0. The highest BCUT2D eigenvalue weighted by Gasteiger charge is 2.35. The number of carbonyl (C=O) groups excluding carboxylic acids is 4. The first-order valence-corrected chi connectivity index (χ1v) is 9.34. The van der Waals surface area contributed by atoms with Crippen molar-refractivity contribution in [3.63, 3.8) is 0 Å². The number of aliphatic carboxylic acids is 1. The molecule has 12 heteroatoms. The Morgan fingerprint density at radius 3 is 2.52 bits per heavy atom. The van der Waals surface area contributed by atoms with Gasteiger partial charge in [-0.1, -0.05) is 23.2 Å². The number of aromatic nitrogens is 1. The number of halogens is 2. The van der Waals surface area contributed by atoms with Crippen LogP contribution in [-0.2, 0) is 19.2 Å². The van der Waals surface area contributed by atoms with Gasteiger partial charge in [-0.15, -0.1) is 0 Å². The summed E-state index contributed by atoms with van der Waals surface area (Å²) in [4.78, 5) is 63.8. The Labute approximate surface area is 175 Å². The van der Waals surface area contributed by atoms with Crippen molar-refractivity contribution in [2.45, 2.75) is 31.3 Å². The number of nitrogens with one attached hydrogen (secondary N) is 2. The van der Waals surface area contributed by atoms with Crippen LogP contribution in [0.4, 0.5) is 0 Å². The Morgan fingerprint density at radius 1 is 1.28 bits per heavy atom. The van der Waals surface area contributed by atoms with Crippen molar-refractivity contribution in [2.75, 3.05) is 13.1 Å². The second-order valence-electron chi connectivity index (χ2n) is 6.26. The number of hydrogen-bond acceptors (Lipinski definition) is 6. The molecule has 0 unspecified atom stereocenters. The van der Waals surface area contributed by atoms with E-state index in [1.54, 1.807) is 0 Å². The zero-order chi connectivity index (χ0) is 21.6. The molecule has 0 aromatic carbocycles. The molecule has 1 saturated heterocycles. The first kappa shape index (κ1) is 22.6. The molecule has 0 aliphatic carbocycles. The molecule has 10 nitrogen and oxygen atoms in total. The molecule has 0 spiro atoms. The Morgan fingerprint density at radius 2 is 1.93 bits per heavy atom. The lowest BCUT2D eigenvalue weighted by Gasteiger charge is -2.25. The van der Waals surface area contributed by atoms with Crippen LogP contribution in [0.2, 0.25) is 10.0 Å². The van der Waals surface area contributed by atoms with Crippen molar-refractivity contribution < 1.29 is 29.1 Å². The summed E-state index contributed by atoms with van der Waals surface area (Å²) >= 11 is 11.8. The van der Waals surface area contributed by atoms with E-state index < -0.39 is 48.7 Å². The van der Waals surface area contributed by atoms with Crippen LogP contribution in [0.25, 0.3) is 0 Å². The molecule has 1 aliphatic rings. The molecule has 2 atom stereocenters. The lowest BCUT2D eigenvalue weighted by molar-refractivity contribution is -0.140. The van der Waals surface area contributed by atoms with Crippen LogP contribution in [0.15, 0.2) is 12.4 Å². The minimum atomic E-state index is -1.24. The molecular weight excluding hydrogens is 427 g/mol. The van der Waals surface area contributed by atoms with Gasteiger partial charge in [0.2, 0.25) is 11.8 Å². The minimum absolute atomic E-state index is 0.0191. The van der Waals surface area contributed by atoms with Gasteiger partial charge >= 0.3 is 5.97 Å². The number of rotatable bonds is 8. The molecule has 0 radical (unpaired) electrons. The maximum atomic E-state index is 12.5. The van der Waals surface area contributed by atoms with Crippen LogP contribution in [0.3, 0.4) is 0 Å². The van der Waals surface area contributed by atoms with Gasteiger partial charge in [-0.05, 0) is 12.8 Å². The fraction of sp³-hybridized carbons (Fsp3) is 0.412. The maximum absolute atomic E-state index is 12.5. The van der Waals surface area contributed by atoms with Gasteiger partial charge in [0.15, 0.2) is 0 Å². The van der Waals surface area contributed by atoms with Crippen molar-refractivity contribution in [2.24, 2.45) is 0 Å². The third-order valence-electron chi connectivity index (χ3n) is 4.24. The quantitative estimate of drug-likeness (QED) is 0.487. The second-order valence-corrected chi connectivity index (χ2v) is 7.07. The van der Waals surface area contributed by atoms with Crippen LogP contribution >= 0.6 is 23.2 Å². The van der Waals surface area contributed by atoms with Gasteiger partial charge in [-0.25, -0.2) is 0 Å². The summed E-state index contributed by atoms with van der Waals surface area (Å²) in [5, 5.41) is 13.5. The van der Waals surface area contributed by atoms with Crippen molar-refractivity contribution in [1.82, 2.24) is 20.5 Å². The third-order valence-corrected chi connectivity index (χ3v) is 4.82. The number of nitrogens with zero attached hydrogens (tertiary/aromatic N) is 2. The highest BCUT2D eigenvalue weighted by Crippen LogP contribution is 2.22. The summed E-state index contributed by atoms with van der Waals surface area (Å²) in [6.07, 6.45) is 3.16. The van der Waals surface area contributed by atoms with E-state index in [1.807, 2.05) is 0 Å². The average molecular weight is 445 g/mol. The topological polar surface area (TPSA) is 146 Å². The largest absolute Gasteiger partial charge is 0.481 e. The van der Waals surface area contributed by atoms with E-state index in [0.717, 1.165) is 0 Å². The van der Waals surface area contributed by atoms with Gasteiger partial charge in [-0.2, -0.15) is 0 Å². The number of likely N-dealkylation sites (tertiary alicyclic amines) is 1. The molecule has 1 aromatic heterocycles. The zero-order valence-electron chi connectivity index (χ0n) is 15.1. The van der Waals surface area contributed by atoms with Crippen molar-refractivity contribution >= 4 is 53.2 Å². The number of pyridine rings is 1. The lowest BCUT2D eigenvalue weighted by Crippen LogP contribution is -2.51. The van der Waals surface area contributed by atoms with Gasteiger partial charge in [0.25, 0.3) is 5.91 Å². The van der Waals surface area contributed by atoms with E-state index in [2.05, 4.69) is 15.6 Å². The first-order valence-electron chi connectivity index (χ1n) is 8.58. The summed E-state index contributed by atoms with van der Waals surface area (Å²) < 4.78 is 0. The van der Waals surface area contributed by atoms with Crippen LogP contribution < -0.4 is 10.6 Å². The molecule has 1 aromatic rings. The van der Waals surface area contributed by atoms with Crippen LogP contribution in [0.1, 0.15) is 29.6 Å². The predicted octanol–water partition coefficient (Wildman–Crippen LogP) is 0.268. The summed E-state index contributed by atoms with van der Waals surface area (Å²) in [6, 6.07) is -2.04. The van der Waals surface area contributed by atoms with Gasteiger partial charge in [0.05, 0.1) is 34.6 Å². The number of carbonyl (C=O) groups is 5. The SMILES string of the molecule is O=C[C@H](CC(=O)O)NC(=O)[C@@H]1CCCN1C(=O)CNC(=O)c1c(Cl)cncc1Cl. The Balaban J connectivity index is 1.97. The Hall–Kier alpha value is -2.72. The monoisotopic (exact) mass is 444 g/mol. The van der Waals surface area contributed by atoms with Crippen molar-refractivity contribution in [3.8, 4) is 0 Å². The Kier molecular flexibility index (Phi) is 7.91. The van der Waals surface area contributed by atoms with E-state index in [1.165, 1.54) is 17.3 Å². The predicted molar refractivity (Wildman–Crippen MR) is 102 cm³/mol. The highest BCUT2D eigenvalue weighted by atomic mass is 35.5. The number of carboxylic acids is 1. The molecule has 156 valence electrons. The van der Waals surface area contributed by atoms with E-state index in [0.29, 0.717) is 19.1 Å². The number of amides is 3. The standard InChI is InChI=1S/C17H18Cl2N4O6/c18-10-5-20-6-11(19)15(10)17(29)21-7-13(25)23-3-1-2-12(23)16(28)22-9(8-24)4-14(26)27/h5-6,8-9,12H,1-4,7H2,(H,21,29)(H,22,28)(H,26,27)/t9-,12-/m0/s1. The molecule has 1 fully saturated rings. The molecular formula is C17H18Cl2N4O6. The number of hydrogen-bond donors (Lipinski definition) is 3. The van der Waals surface area contributed by atoms with Gasteiger partial charge in [0.1, 0.15) is 12.3 Å². The average Bonchev–Trinajstić information content (AvgIpc) is 3.15. The van der Waals surface area contributed by atoms with E-state index in [9.17, 15) is 24.0 Å². The van der Waals surface area contributed by atoms with E-state index >= 15 is 0 Å². The van der Waals surface area contributed by atoms with Crippen LogP contribution in [0.5, 0.6) is 0 Å².